The van der Waals surface area contributed by atoms with Crippen LogP contribution in [0.1, 0.15) is 19.4 Å². The molecular formula is C22H23N3O2. The summed E-state index contributed by atoms with van der Waals surface area (Å²) in [6, 6.07) is 21.0. The molecule has 1 aromatic heterocycles. The van der Waals surface area contributed by atoms with E-state index in [0.717, 1.165) is 17.0 Å². The third-order valence-electron chi connectivity index (χ3n) is 3.77. The summed E-state index contributed by atoms with van der Waals surface area (Å²) < 4.78 is 5.80. The summed E-state index contributed by atoms with van der Waals surface area (Å²) in [6.45, 7) is 3.98. The number of anilines is 3. The van der Waals surface area contributed by atoms with E-state index < -0.39 is 0 Å². The molecule has 3 rings (SSSR count). The molecule has 1 amide bonds. The Labute approximate surface area is 159 Å². The van der Waals surface area contributed by atoms with E-state index >= 15 is 0 Å². The molecule has 0 bridgehead atoms. The molecule has 0 spiro atoms. The highest BCUT2D eigenvalue weighted by Gasteiger charge is 2.07. The fourth-order valence-electron chi connectivity index (χ4n) is 2.59. The average molecular weight is 361 g/mol. The Kier molecular flexibility index (Phi) is 6.05. The molecule has 2 aromatic carbocycles. The molecule has 0 saturated heterocycles. The van der Waals surface area contributed by atoms with Gasteiger partial charge in [-0.15, -0.1) is 0 Å². The van der Waals surface area contributed by atoms with Crippen LogP contribution in [0.2, 0.25) is 0 Å². The smallest absolute Gasteiger partial charge is 0.228 e. The maximum absolute atomic E-state index is 12.1. The van der Waals surface area contributed by atoms with Crippen molar-refractivity contribution in [2.45, 2.75) is 26.4 Å². The van der Waals surface area contributed by atoms with Crippen LogP contribution in [0.25, 0.3) is 0 Å². The van der Waals surface area contributed by atoms with Gasteiger partial charge in [-0.05, 0) is 43.7 Å². The minimum atomic E-state index is -0.0700. The molecule has 0 aliphatic rings. The lowest BCUT2D eigenvalue weighted by atomic mass is 10.1. The first kappa shape index (κ1) is 18.5. The average Bonchev–Trinajstić information content (AvgIpc) is 2.65. The third kappa shape index (κ3) is 5.57. The summed E-state index contributed by atoms with van der Waals surface area (Å²) in [6.07, 6.45) is 2.06. The first-order chi connectivity index (χ1) is 13.1. The Bertz CT molecular complexity index is 878. The highest BCUT2D eigenvalue weighted by atomic mass is 16.5. The Hall–Kier alpha value is -3.34. The molecule has 138 valence electrons. The van der Waals surface area contributed by atoms with Gasteiger partial charge in [0.2, 0.25) is 5.91 Å². The van der Waals surface area contributed by atoms with Crippen LogP contribution in [0.3, 0.4) is 0 Å². The maximum atomic E-state index is 12.1. The van der Waals surface area contributed by atoms with Gasteiger partial charge in [-0.3, -0.25) is 4.79 Å². The van der Waals surface area contributed by atoms with Gasteiger partial charge in [-0.2, -0.15) is 0 Å². The summed E-state index contributed by atoms with van der Waals surface area (Å²) in [7, 11) is 0. The van der Waals surface area contributed by atoms with E-state index in [-0.39, 0.29) is 12.0 Å². The van der Waals surface area contributed by atoms with E-state index in [9.17, 15) is 4.79 Å². The third-order valence-corrected chi connectivity index (χ3v) is 3.77. The number of carbonyl (C=O) groups is 1. The maximum Gasteiger partial charge on any atom is 0.228 e. The fraction of sp³-hybridized carbons (Fsp3) is 0.182. The topological polar surface area (TPSA) is 63.2 Å². The van der Waals surface area contributed by atoms with Crippen LogP contribution < -0.4 is 15.4 Å². The molecule has 5 nitrogen and oxygen atoms in total. The number of amides is 1. The number of rotatable bonds is 7. The zero-order chi connectivity index (χ0) is 19.1. The Morgan fingerprint density at radius 1 is 1.00 bits per heavy atom. The second-order valence-corrected chi connectivity index (χ2v) is 6.43. The van der Waals surface area contributed by atoms with Crippen molar-refractivity contribution in [3.8, 4) is 5.75 Å². The number of hydrogen-bond donors (Lipinski definition) is 2. The van der Waals surface area contributed by atoms with Crippen molar-refractivity contribution in [2.24, 2.45) is 0 Å². The molecule has 0 fully saturated rings. The van der Waals surface area contributed by atoms with E-state index in [1.807, 2.05) is 80.6 Å². The number of nitrogens with one attached hydrogen (secondary N) is 2. The predicted molar refractivity (Wildman–Crippen MR) is 109 cm³/mol. The van der Waals surface area contributed by atoms with Gasteiger partial charge in [0.1, 0.15) is 11.6 Å². The molecule has 0 radical (unpaired) electrons. The van der Waals surface area contributed by atoms with Crippen molar-refractivity contribution < 1.29 is 9.53 Å². The molecule has 1 heterocycles. The van der Waals surface area contributed by atoms with Gasteiger partial charge in [-0.25, -0.2) is 4.98 Å². The first-order valence-electron chi connectivity index (χ1n) is 8.92. The monoisotopic (exact) mass is 361 g/mol. The van der Waals surface area contributed by atoms with Gasteiger partial charge in [-0.1, -0.05) is 42.5 Å². The number of ether oxygens (including phenoxy) is 1. The molecule has 27 heavy (non-hydrogen) atoms. The van der Waals surface area contributed by atoms with E-state index in [1.54, 1.807) is 6.20 Å². The number of benzene rings is 2. The van der Waals surface area contributed by atoms with Crippen LogP contribution in [0.5, 0.6) is 5.75 Å². The number of nitrogens with zero attached hydrogens (tertiary/aromatic N) is 1. The van der Waals surface area contributed by atoms with Crippen molar-refractivity contribution in [3.63, 3.8) is 0 Å². The lowest BCUT2D eigenvalue weighted by Gasteiger charge is -2.15. The molecular weight excluding hydrogens is 338 g/mol. The van der Waals surface area contributed by atoms with Gasteiger partial charge in [0, 0.05) is 0 Å². The number of para-hydroxylation sites is 2. The van der Waals surface area contributed by atoms with E-state index in [4.69, 9.17) is 4.74 Å². The van der Waals surface area contributed by atoms with Gasteiger partial charge >= 0.3 is 0 Å². The number of pyridine rings is 1. The van der Waals surface area contributed by atoms with E-state index in [1.165, 1.54) is 0 Å². The SMILES string of the molecule is CC(C)Oc1ccccc1Nc1ccc(NC(=O)Cc2ccccc2)cn1. The standard InChI is InChI=1S/C22H23N3O2/c1-16(2)27-20-11-7-6-10-19(20)25-21-13-12-18(15-23-21)24-22(26)14-17-8-4-3-5-9-17/h3-13,15-16H,14H2,1-2H3,(H,23,25)(H,24,26). The minimum absolute atomic E-state index is 0.0700. The van der Waals surface area contributed by atoms with Crippen molar-refractivity contribution in [3.05, 3.63) is 78.5 Å². The van der Waals surface area contributed by atoms with E-state index in [0.29, 0.717) is 17.9 Å². The van der Waals surface area contributed by atoms with Gasteiger partial charge in [0.25, 0.3) is 0 Å². The minimum Gasteiger partial charge on any atom is -0.489 e. The van der Waals surface area contributed by atoms with Crippen molar-refractivity contribution in [1.82, 2.24) is 4.98 Å². The highest BCUT2D eigenvalue weighted by Crippen LogP contribution is 2.27. The van der Waals surface area contributed by atoms with Crippen LogP contribution in [0.15, 0.2) is 72.9 Å². The summed E-state index contributed by atoms with van der Waals surface area (Å²) in [5, 5.41) is 6.11. The van der Waals surface area contributed by atoms with Crippen LogP contribution in [-0.4, -0.2) is 17.0 Å². The lowest BCUT2D eigenvalue weighted by Crippen LogP contribution is -2.14. The molecule has 0 aliphatic carbocycles. The van der Waals surface area contributed by atoms with Gasteiger partial charge in [0.05, 0.1) is 30.1 Å². The Balaban J connectivity index is 1.61. The Morgan fingerprint density at radius 2 is 1.74 bits per heavy atom. The molecule has 5 heteroatoms. The molecule has 0 saturated carbocycles. The van der Waals surface area contributed by atoms with Crippen molar-refractivity contribution in [2.75, 3.05) is 10.6 Å². The van der Waals surface area contributed by atoms with Crippen LogP contribution in [0.4, 0.5) is 17.2 Å². The van der Waals surface area contributed by atoms with Crippen LogP contribution in [-0.2, 0) is 11.2 Å². The Morgan fingerprint density at radius 3 is 2.44 bits per heavy atom. The molecule has 2 N–H and O–H groups in total. The van der Waals surface area contributed by atoms with Gasteiger partial charge < -0.3 is 15.4 Å². The summed E-state index contributed by atoms with van der Waals surface area (Å²) in [5.74, 6) is 1.38. The van der Waals surface area contributed by atoms with Crippen molar-refractivity contribution in [1.29, 1.82) is 0 Å². The first-order valence-corrected chi connectivity index (χ1v) is 8.92. The lowest BCUT2D eigenvalue weighted by molar-refractivity contribution is -0.115. The normalized spacial score (nSPS) is 10.5. The zero-order valence-electron chi connectivity index (χ0n) is 15.5. The summed E-state index contributed by atoms with van der Waals surface area (Å²) in [4.78, 5) is 16.5. The number of aromatic nitrogens is 1. The molecule has 0 aliphatic heterocycles. The molecule has 0 atom stereocenters. The molecule has 3 aromatic rings. The zero-order valence-corrected chi connectivity index (χ0v) is 15.5. The summed E-state index contributed by atoms with van der Waals surface area (Å²) in [5.41, 5.74) is 2.48. The summed E-state index contributed by atoms with van der Waals surface area (Å²) >= 11 is 0. The predicted octanol–water partition coefficient (Wildman–Crippen LogP) is 4.79. The van der Waals surface area contributed by atoms with Crippen LogP contribution >= 0.6 is 0 Å². The van der Waals surface area contributed by atoms with Crippen molar-refractivity contribution >= 4 is 23.1 Å². The quantitative estimate of drug-likeness (QED) is 0.635. The number of carbonyl (C=O) groups excluding carboxylic acids is 1. The second-order valence-electron chi connectivity index (χ2n) is 6.43. The largest absolute Gasteiger partial charge is 0.489 e. The molecule has 0 unspecified atom stereocenters. The van der Waals surface area contributed by atoms with Gasteiger partial charge in [0.15, 0.2) is 0 Å². The fourth-order valence-corrected chi connectivity index (χ4v) is 2.59. The highest BCUT2D eigenvalue weighted by molar-refractivity contribution is 5.92. The number of hydrogen-bond acceptors (Lipinski definition) is 4. The second kappa shape index (κ2) is 8.85. The van der Waals surface area contributed by atoms with Crippen LogP contribution in [0, 0.1) is 0 Å². The van der Waals surface area contributed by atoms with E-state index in [2.05, 4.69) is 15.6 Å².